The third-order valence-electron chi connectivity index (χ3n) is 2.63. The number of nitrogen functional groups attached to an aromatic ring is 1. The fraction of sp³-hybridized carbons (Fsp3) is 0.143. The lowest BCUT2D eigenvalue weighted by atomic mass is 10.2. The van der Waals surface area contributed by atoms with E-state index in [1.165, 1.54) is 0 Å². The first-order chi connectivity index (χ1) is 9.66. The molecule has 2 aromatic rings. The van der Waals surface area contributed by atoms with Gasteiger partial charge in [-0.2, -0.15) is 0 Å². The number of aromatic nitrogens is 1. The first-order valence-corrected chi connectivity index (χ1v) is 6.53. The fourth-order valence-corrected chi connectivity index (χ4v) is 1.84. The Labute approximate surface area is 122 Å². The van der Waals surface area contributed by atoms with Crippen LogP contribution >= 0.6 is 11.6 Å². The molecule has 0 fully saturated rings. The molecule has 1 aromatic heterocycles. The maximum absolute atomic E-state index is 11.8. The average Bonchev–Trinajstić information content (AvgIpc) is 2.45. The van der Waals surface area contributed by atoms with Crippen molar-refractivity contribution in [2.75, 3.05) is 24.1 Å². The zero-order chi connectivity index (χ0) is 14.4. The predicted octanol–water partition coefficient (Wildman–Crippen LogP) is 2.16. The molecule has 0 saturated heterocycles. The lowest BCUT2D eigenvalue weighted by molar-refractivity contribution is 0.0955. The molecule has 2 rings (SSSR count). The van der Waals surface area contributed by atoms with E-state index in [-0.39, 0.29) is 5.91 Å². The van der Waals surface area contributed by atoms with E-state index in [9.17, 15) is 4.79 Å². The molecule has 20 heavy (non-hydrogen) atoms. The third kappa shape index (κ3) is 3.86. The zero-order valence-electron chi connectivity index (χ0n) is 10.8. The minimum atomic E-state index is -0.164. The number of nitrogens with two attached hydrogens (primary N) is 1. The number of nitrogens with zero attached hydrogens (tertiary/aromatic N) is 1. The second-order valence-corrected chi connectivity index (χ2v) is 4.57. The summed E-state index contributed by atoms with van der Waals surface area (Å²) in [6.07, 6.45) is 1.66. The number of hydrogen-bond acceptors (Lipinski definition) is 4. The average molecular weight is 291 g/mol. The van der Waals surface area contributed by atoms with Gasteiger partial charge in [0.05, 0.1) is 5.69 Å². The minimum absolute atomic E-state index is 0.164. The SMILES string of the molecule is Nc1cccnc1NCCNC(=O)c1cccc(Cl)c1. The molecule has 0 radical (unpaired) electrons. The summed E-state index contributed by atoms with van der Waals surface area (Å²) in [5, 5.41) is 6.38. The Balaban J connectivity index is 1.79. The second kappa shape index (κ2) is 6.77. The molecule has 0 bridgehead atoms. The number of nitrogens with one attached hydrogen (secondary N) is 2. The number of hydrogen-bond donors (Lipinski definition) is 3. The van der Waals surface area contributed by atoms with E-state index in [2.05, 4.69) is 15.6 Å². The van der Waals surface area contributed by atoms with Crippen LogP contribution in [0.15, 0.2) is 42.6 Å². The normalized spacial score (nSPS) is 10.1. The molecule has 4 N–H and O–H groups in total. The highest BCUT2D eigenvalue weighted by Gasteiger charge is 2.05. The summed E-state index contributed by atoms with van der Waals surface area (Å²) in [6.45, 7) is 0.995. The zero-order valence-corrected chi connectivity index (χ0v) is 11.5. The van der Waals surface area contributed by atoms with Crippen LogP contribution in [0, 0.1) is 0 Å². The van der Waals surface area contributed by atoms with Crippen LogP contribution in [-0.4, -0.2) is 24.0 Å². The number of carbonyl (C=O) groups excluding carboxylic acids is 1. The molecule has 0 unspecified atom stereocenters. The Hall–Kier alpha value is -2.27. The lowest BCUT2D eigenvalue weighted by Gasteiger charge is -2.09. The summed E-state index contributed by atoms with van der Waals surface area (Å²) in [5.74, 6) is 0.452. The topological polar surface area (TPSA) is 80.0 Å². The van der Waals surface area contributed by atoms with E-state index >= 15 is 0 Å². The van der Waals surface area contributed by atoms with E-state index in [1.54, 1.807) is 42.6 Å². The van der Waals surface area contributed by atoms with Crippen molar-refractivity contribution in [2.45, 2.75) is 0 Å². The number of amides is 1. The highest BCUT2D eigenvalue weighted by Crippen LogP contribution is 2.12. The molecule has 104 valence electrons. The van der Waals surface area contributed by atoms with E-state index in [0.29, 0.717) is 35.2 Å². The fourth-order valence-electron chi connectivity index (χ4n) is 1.65. The number of anilines is 2. The van der Waals surface area contributed by atoms with Crippen LogP contribution in [0.25, 0.3) is 0 Å². The van der Waals surface area contributed by atoms with E-state index in [1.807, 2.05) is 0 Å². The van der Waals surface area contributed by atoms with Crippen molar-refractivity contribution in [3.63, 3.8) is 0 Å². The molecule has 0 atom stereocenters. The van der Waals surface area contributed by atoms with Gasteiger partial charge >= 0.3 is 0 Å². The Morgan fingerprint density at radius 1 is 1.25 bits per heavy atom. The molecular weight excluding hydrogens is 276 g/mol. The van der Waals surface area contributed by atoms with Crippen molar-refractivity contribution in [3.05, 3.63) is 53.2 Å². The second-order valence-electron chi connectivity index (χ2n) is 4.13. The summed E-state index contributed by atoms with van der Waals surface area (Å²) in [6, 6.07) is 10.3. The summed E-state index contributed by atoms with van der Waals surface area (Å²) in [5.41, 5.74) is 6.86. The van der Waals surface area contributed by atoms with Crippen LogP contribution in [0.3, 0.4) is 0 Å². The monoisotopic (exact) mass is 290 g/mol. The van der Waals surface area contributed by atoms with Gasteiger partial charge in [-0.15, -0.1) is 0 Å². The van der Waals surface area contributed by atoms with Gasteiger partial charge in [-0.3, -0.25) is 4.79 Å². The van der Waals surface area contributed by atoms with Gasteiger partial charge in [0.15, 0.2) is 0 Å². The number of benzene rings is 1. The first-order valence-electron chi connectivity index (χ1n) is 6.15. The predicted molar refractivity (Wildman–Crippen MR) is 80.9 cm³/mol. The van der Waals surface area contributed by atoms with Crippen molar-refractivity contribution < 1.29 is 4.79 Å². The molecule has 5 nitrogen and oxygen atoms in total. The number of halogens is 1. The Kier molecular flexibility index (Phi) is 4.79. The molecule has 0 aliphatic heterocycles. The molecule has 1 heterocycles. The molecule has 0 aliphatic rings. The standard InChI is InChI=1S/C14H15ClN4O/c15-11-4-1-3-10(9-11)14(20)19-8-7-18-13-12(16)5-2-6-17-13/h1-6,9H,7-8,16H2,(H,17,18)(H,19,20). The highest BCUT2D eigenvalue weighted by atomic mass is 35.5. The number of carbonyl (C=O) groups is 1. The third-order valence-corrected chi connectivity index (χ3v) is 2.86. The molecule has 0 aliphatic carbocycles. The molecule has 6 heteroatoms. The van der Waals surface area contributed by atoms with E-state index in [0.717, 1.165) is 0 Å². The highest BCUT2D eigenvalue weighted by molar-refractivity contribution is 6.30. The molecule has 0 spiro atoms. The van der Waals surface area contributed by atoms with E-state index < -0.39 is 0 Å². The Morgan fingerprint density at radius 3 is 2.85 bits per heavy atom. The quantitative estimate of drug-likeness (QED) is 0.737. The van der Waals surface area contributed by atoms with E-state index in [4.69, 9.17) is 17.3 Å². The number of rotatable bonds is 5. The van der Waals surface area contributed by atoms with Gasteiger partial charge in [-0.25, -0.2) is 4.98 Å². The van der Waals surface area contributed by atoms with Crippen LogP contribution in [0.1, 0.15) is 10.4 Å². The Bertz CT molecular complexity index is 603. The first kappa shape index (κ1) is 14.1. The largest absolute Gasteiger partial charge is 0.396 e. The van der Waals surface area contributed by atoms with Crippen molar-refractivity contribution in [3.8, 4) is 0 Å². The van der Waals surface area contributed by atoms with Gasteiger partial charge in [0.25, 0.3) is 5.91 Å². The van der Waals surface area contributed by atoms with Crippen molar-refractivity contribution in [1.82, 2.24) is 10.3 Å². The number of pyridine rings is 1. The van der Waals surface area contributed by atoms with Crippen LogP contribution in [0.4, 0.5) is 11.5 Å². The van der Waals surface area contributed by atoms with Gasteiger partial charge in [0, 0.05) is 29.9 Å². The summed E-state index contributed by atoms with van der Waals surface area (Å²) < 4.78 is 0. The summed E-state index contributed by atoms with van der Waals surface area (Å²) in [4.78, 5) is 15.9. The molecule has 1 amide bonds. The lowest BCUT2D eigenvalue weighted by Crippen LogP contribution is -2.29. The van der Waals surface area contributed by atoms with Gasteiger partial charge in [0.2, 0.25) is 0 Å². The Morgan fingerprint density at radius 2 is 2.10 bits per heavy atom. The minimum Gasteiger partial charge on any atom is -0.396 e. The van der Waals surface area contributed by atoms with Gasteiger partial charge in [0.1, 0.15) is 5.82 Å². The maximum atomic E-state index is 11.8. The summed E-state index contributed by atoms with van der Waals surface area (Å²) in [7, 11) is 0. The van der Waals surface area contributed by atoms with Crippen LogP contribution in [-0.2, 0) is 0 Å². The molecular formula is C14H15ClN4O. The van der Waals surface area contributed by atoms with Gasteiger partial charge < -0.3 is 16.4 Å². The van der Waals surface area contributed by atoms with Gasteiger partial charge in [-0.05, 0) is 30.3 Å². The van der Waals surface area contributed by atoms with Gasteiger partial charge in [-0.1, -0.05) is 17.7 Å². The molecule has 1 aromatic carbocycles. The van der Waals surface area contributed by atoms with Crippen molar-refractivity contribution in [1.29, 1.82) is 0 Å². The smallest absolute Gasteiger partial charge is 0.251 e. The van der Waals surface area contributed by atoms with Crippen LogP contribution < -0.4 is 16.4 Å². The maximum Gasteiger partial charge on any atom is 0.251 e. The van der Waals surface area contributed by atoms with Crippen LogP contribution in [0.5, 0.6) is 0 Å². The summed E-state index contributed by atoms with van der Waals surface area (Å²) >= 11 is 5.83. The van der Waals surface area contributed by atoms with Crippen LogP contribution in [0.2, 0.25) is 5.02 Å². The van der Waals surface area contributed by atoms with Crippen molar-refractivity contribution >= 4 is 29.0 Å². The van der Waals surface area contributed by atoms with Crippen molar-refractivity contribution in [2.24, 2.45) is 0 Å². The molecule has 0 saturated carbocycles.